The van der Waals surface area contributed by atoms with E-state index in [1.54, 1.807) is 0 Å². The molecule has 0 aromatic heterocycles. The number of hydrogen-bond acceptors (Lipinski definition) is 2. The molecule has 0 unspecified atom stereocenters. The second-order valence-electron chi connectivity index (χ2n) is 3.16. The van der Waals surface area contributed by atoms with Crippen LogP contribution in [-0.2, 0) is 4.79 Å². The van der Waals surface area contributed by atoms with Gasteiger partial charge in [-0.1, -0.05) is 13.3 Å². The van der Waals surface area contributed by atoms with Gasteiger partial charge in [0.1, 0.15) is 0 Å². The number of nitrogens with two attached hydrogens (primary N) is 1. The number of hydrogen-bond donors (Lipinski definition) is 1. The molecule has 0 atom stereocenters. The summed E-state index contributed by atoms with van der Waals surface area (Å²) in [5, 5.41) is 0. The van der Waals surface area contributed by atoms with Crippen LogP contribution in [0.5, 0.6) is 0 Å². The Hall–Kier alpha value is -0.570. The van der Waals surface area contributed by atoms with Gasteiger partial charge in [-0.3, -0.25) is 4.79 Å². The van der Waals surface area contributed by atoms with Gasteiger partial charge in [0.05, 0.1) is 0 Å². The standard InChI is InChI=1S/C8H16N2O/c1-2-3-4-8(11)10-5-7(9)6-10/h7H,2-6,9H2,1H3. The van der Waals surface area contributed by atoms with Crippen LogP contribution in [0.4, 0.5) is 0 Å². The van der Waals surface area contributed by atoms with Crippen molar-refractivity contribution in [1.29, 1.82) is 0 Å². The molecule has 64 valence electrons. The van der Waals surface area contributed by atoms with Gasteiger partial charge < -0.3 is 10.6 Å². The summed E-state index contributed by atoms with van der Waals surface area (Å²) in [5.41, 5.74) is 5.54. The van der Waals surface area contributed by atoms with E-state index < -0.39 is 0 Å². The molecular weight excluding hydrogens is 140 g/mol. The van der Waals surface area contributed by atoms with Gasteiger partial charge in [0.25, 0.3) is 0 Å². The average Bonchev–Trinajstić information content (AvgIpc) is 1.94. The Bertz CT molecular complexity index is 141. The first kappa shape index (κ1) is 8.53. The van der Waals surface area contributed by atoms with Crippen LogP contribution in [0.25, 0.3) is 0 Å². The molecule has 1 heterocycles. The Morgan fingerprint density at radius 3 is 2.73 bits per heavy atom. The third kappa shape index (κ3) is 2.19. The Labute approximate surface area is 67.5 Å². The fourth-order valence-electron chi connectivity index (χ4n) is 1.20. The smallest absolute Gasteiger partial charge is 0.222 e. The van der Waals surface area contributed by atoms with E-state index in [0.29, 0.717) is 6.42 Å². The molecule has 1 aliphatic heterocycles. The molecule has 1 saturated heterocycles. The fourth-order valence-corrected chi connectivity index (χ4v) is 1.20. The lowest BCUT2D eigenvalue weighted by atomic mass is 10.1. The number of carbonyl (C=O) groups excluding carboxylic acids is 1. The molecule has 3 nitrogen and oxygen atoms in total. The van der Waals surface area contributed by atoms with Gasteiger partial charge in [-0.2, -0.15) is 0 Å². The van der Waals surface area contributed by atoms with Crippen molar-refractivity contribution in [1.82, 2.24) is 4.90 Å². The van der Waals surface area contributed by atoms with Crippen molar-refractivity contribution in [3.8, 4) is 0 Å². The predicted octanol–water partition coefficient (Wildman–Crippen LogP) is 0.346. The number of rotatable bonds is 3. The molecular formula is C8H16N2O. The SMILES string of the molecule is CCCCC(=O)N1CC(N)C1. The van der Waals surface area contributed by atoms with Crippen LogP contribution in [0.1, 0.15) is 26.2 Å². The molecule has 0 saturated carbocycles. The monoisotopic (exact) mass is 156 g/mol. The predicted molar refractivity (Wildman–Crippen MR) is 44.1 cm³/mol. The number of amides is 1. The number of unbranched alkanes of at least 4 members (excludes halogenated alkanes) is 1. The molecule has 0 aliphatic carbocycles. The number of carbonyl (C=O) groups is 1. The van der Waals surface area contributed by atoms with E-state index in [9.17, 15) is 4.79 Å². The van der Waals surface area contributed by atoms with Crippen LogP contribution in [0.2, 0.25) is 0 Å². The van der Waals surface area contributed by atoms with Gasteiger partial charge in [0, 0.05) is 25.6 Å². The van der Waals surface area contributed by atoms with Crippen LogP contribution >= 0.6 is 0 Å². The molecule has 0 spiro atoms. The molecule has 1 rings (SSSR count). The summed E-state index contributed by atoms with van der Waals surface area (Å²) in [7, 11) is 0. The minimum Gasteiger partial charge on any atom is -0.339 e. The van der Waals surface area contributed by atoms with E-state index in [2.05, 4.69) is 6.92 Å². The van der Waals surface area contributed by atoms with Gasteiger partial charge in [-0.15, -0.1) is 0 Å². The van der Waals surface area contributed by atoms with E-state index >= 15 is 0 Å². The molecule has 1 amide bonds. The summed E-state index contributed by atoms with van der Waals surface area (Å²) in [6.07, 6.45) is 2.79. The zero-order chi connectivity index (χ0) is 8.27. The van der Waals surface area contributed by atoms with Crippen molar-refractivity contribution in [2.45, 2.75) is 32.2 Å². The Morgan fingerprint density at radius 2 is 2.27 bits per heavy atom. The largest absolute Gasteiger partial charge is 0.339 e. The molecule has 3 heteroatoms. The zero-order valence-corrected chi connectivity index (χ0v) is 7.05. The average molecular weight is 156 g/mol. The van der Waals surface area contributed by atoms with Crippen LogP contribution < -0.4 is 5.73 Å². The van der Waals surface area contributed by atoms with E-state index in [-0.39, 0.29) is 11.9 Å². The minimum absolute atomic E-state index is 0.237. The minimum atomic E-state index is 0.237. The van der Waals surface area contributed by atoms with Crippen molar-refractivity contribution in [3.63, 3.8) is 0 Å². The summed E-state index contributed by atoms with van der Waals surface area (Å²) < 4.78 is 0. The number of likely N-dealkylation sites (tertiary alicyclic amines) is 1. The maximum atomic E-state index is 11.2. The first-order valence-corrected chi connectivity index (χ1v) is 4.27. The van der Waals surface area contributed by atoms with Crippen molar-refractivity contribution in [3.05, 3.63) is 0 Å². The molecule has 2 N–H and O–H groups in total. The highest BCUT2D eigenvalue weighted by Gasteiger charge is 2.26. The normalized spacial score (nSPS) is 18.2. The lowest BCUT2D eigenvalue weighted by Gasteiger charge is -2.36. The van der Waals surface area contributed by atoms with Gasteiger partial charge in [-0.25, -0.2) is 0 Å². The molecule has 0 aromatic carbocycles. The van der Waals surface area contributed by atoms with Gasteiger partial charge >= 0.3 is 0 Å². The van der Waals surface area contributed by atoms with E-state index in [0.717, 1.165) is 25.9 Å². The Kier molecular flexibility index (Phi) is 2.88. The quantitative estimate of drug-likeness (QED) is 0.640. The van der Waals surface area contributed by atoms with Gasteiger partial charge in [0.15, 0.2) is 0 Å². The summed E-state index contributed by atoms with van der Waals surface area (Å²) in [5.74, 6) is 0.272. The maximum Gasteiger partial charge on any atom is 0.222 e. The summed E-state index contributed by atoms with van der Waals surface area (Å²) in [6.45, 7) is 3.63. The van der Waals surface area contributed by atoms with Crippen LogP contribution in [0.3, 0.4) is 0 Å². The lowest BCUT2D eigenvalue weighted by Crippen LogP contribution is -2.57. The third-order valence-electron chi connectivity index (χ3n) is 2.01. The van der Waals surface area contributed by atoms with E-state index in [1.807, 2.05) is 4.90 Å². The topological polar surface area (TPSA) is 46.3 Å². The maximum absolute atomic E-state index is 11.2. The first-order chi connectivity index (χ1) is 5.24. The molecule has 0 aromatic rings. The third-order valence-corrected chi connectivity index (χ3v) is 2.01. The van der Waals surface area contributed by atoms with Crippen LogP contribution in [0, 0.1) is 0 Å². The van der Waals surface area contributed by atoms with Crippen molar-refractivity contribution in [2.24, 2.45) is 5.73 Å². The van der Waals surface area contributed by atoms with Gasteiger partial charge in [-0.05, 0) is 6.42 Å². The highest BCUT2D eigenvalue weighted by Crippen LogP contribution is 2.08. The van der Waals surface area contributed by atoms with Crippen LogP contribution in [0.15, 0.2) is 0 Å². The summed E-state index contributed by atoms with van der Waals surface area (Å²) in [4.78, 5) is 13.0. The fraction of sp³-hybridized carbons (Fsp3) is 0.875. The molecule has 11 heavy (non-hydrogen) atoms. The Balaban J connectivity index is 2.11. The molecule has 0 radical (unpaired) electrons. The van der Waals surface area contributed by atoms with Crippen molar-refractivity contribution >= 4 is 5.91 Å². The first-order valence-electron chi connectivity index (χ1n) is 4.27. The van der Waals surface area contributed by atoms with Crippen molar-refractivity contribution < 1.29 is 4.79 Å². The molecule has 1 aliphatic rings. The van der Waals surface area contributed by atoms with Crippen molar-refractivity contribution in [2.75, 3.05) is 13.1 Å². The zero-order valence-electron chi connectivity index (χ0n) is 7.05. The van der Waals surface area contributed by atoms with Gasteiger partial charge in [0.2, 0.25) is 5.91 Å². The lowest BCUT2D eigenvalue weighted by molar-refractivity contribution is -0.135. The summed E-state index contributed by atoms with van der Waals surface area (Å²) >= 11 is 0. The second-order valence-corrected chi connectivity index (χ2v) is 3.16. The van der Waals surface area contributed by atoms with E-state index in [1.165, 1.54) is 0 Å². The van der Waals surface area contributed by atoms with E-state index in [4.69, 9.17) is 5.73 Å². The highest BCUT2D eigenvalue weighted by molar-refractivity contribution is 5.77. The Morgan fingerprint density at radius 1 is 1.64 bits per heavy atom. The van der Waals surface area contributed by atoms with Crippen LogP contribution in [-0.4, -0.2) is 29.9 Å². The summed E-state index contributed by atoms with van der Waals surface area (Å²) in [6, 6.07) is 0.237. The molecule has 0 bridgehead atoms. The highest BCUT2D eigenvalue weighted by atomic mass is 16.2. The number of nitrogens with zero attached hydrogens (tertiary/aromatic N) is 1. The second kappa shape index (κ2) is 3.72. The molecule has 1 fully saturated rings.